The molecule has 2 aromatic carbocycles. The van der Waals surface area contributed by atoms with Crippen LogP contribution in [0.2, 0.25) is 0 Å². The maximum Gasteiger partial charge on any atom is 0.259 e. The summed E-state index contributed by atoms with van der Waals surface area (Å²) in [4.78, 5) is 37.8. The lowest BCUT2D eigenvalue weighted by molar-refractivity contribution is -0.134. The summed E-state index contributed by atoms with van der Waals surface area (Å²) in [5.74, 6) is -0.841. The minimum Gasteiger partial charge on any atom is -0.295 e. The van der Waals surface area contributed by atoms with Gasteiger partial charge < -0.3 is 0 Å². The topological polar surface area (TPSA) is 66.5 Å². The van der Waals surface area contributed by atoms with Crippen LogP contribution in [0.3, 0.4) is 0 Å². The van der Waals surface area contributed by atoms with Crippen molar-refractivity contribution in [2.75, 3.05) is 4.90 Å². The fourth-order valence-corrected chi connectivity index (χ4v) is 3.39. The second kappa shape index (κ2) is 4.40. The second-order valence-corrected chi connectivity index (χ2v) is 5.77. The van der Waals surface area contributed by atoms with E-state index in [4.69, 9.17) is 0 Å². The largest absolute Gasteiger partial charge is 0.295 e. The molecular formula is C17H14N2O3. The Balaban J connectivity index is 1.89. The lowest BCUT2D eigenvalue weighted by atomic mass is 10.0. The first kappa shape index (κ1) is 13.0. The van der Waals surface area contributed by atoms with Crippen LogP contribution in [0.15, 0.2) is 30.3 Å². The van der Waals surface area contributed by atoms with E-state index in [-0.39, 0.29) is 18.2 Å². The van der Waals surface area contributed by atoms with Crippen LogP contribution in [0.25, 0.3) is 10.8 Å². The Morgan fingerprint density at radius 2 is 1.95 bits per heavy atom. The maximum atomic E-state index is 12.8. The SMILES string of the molecule is Cc1ccc2c3c(cccc13)C(=O)N2C1CCC(=O)NC1=O. The van der Waals surface area contributed by atoms with E-state index in [1.54, 1.807) is 11.0 Å². The highest BCUT2D eigenvalue weighted by Gasteiger charge is 2.40. The Hall–Kier alpha value is -2.69. The van der Waals surface area contributed by atoms with Crippen LogP contribution >= 0.6 is 0 Å². The van der Waals surface area contributed by atoms with Crippen molar-refractivity contribution in [3.63, 3.8) is 0 Å². The van der Waals surface area contributed by atoms with Crippen molar-refractivity contribution in [2.45, 2.75) is 25.8 Å². The van der Waals surface area contributed by atoms with Crippen LogP contribution in [0.4, 0.5) is 5.69 Å². The van der Waals surface area contributed by atoms with Gasteiger partial charge in [-0.3, -0.25) is 24.6 Å². The van der Waals surface area contributed by atoms with E-state index in [1.807, 2.05) is 31.2 Å². The van der Waals surface area contributed by atoms with Crippen LogP contribution in [-0.2, 0) is 9.59 Å². The standard InChI is InChI=1S/C17H14N2O3/c1-9-5-6-12-15-10(9)3-2-4-11(15)17(22)19(12)13-7-8-14(20)18-16(13)21/h2-6,13H,7-8H2,1H3,(H,18,20,21). The number of rotatable bonds is 1. The summed E-state index contributed by atoms with van der Waals surface area (Å²) < 4.78 is 0. The van der Waals surface area contributed by atoms with Gasteiger partial charge in [-0.05, 0) is 36.4 Å². The lowest BCUT2D eigenvalue weighted by Crippen LogP contribution is -2.53. The maximum absolute atomic E-state index is 12.8. The number of aryl methyl sites for hydroxylation is 1. The molecule has 1 unspecified atom stereocenters. The molecule has 5 nitrogen and oxygen atoms in total. The highest BCUT2D eigenvalue weighted by atomic mass is 16.2. The van der Waals surface area contributed by atoms with Gasteiger partial charge in [0.25, 0.3) is 5.91 Å². The van der Waals surface area contributed by atoms with Gasteiger partial charge in [-0.1, -0.05) is 18.2 Å². The van der Waals surface area contributed by atoms with Gasteiger partial charge in [0.15, 0.2) is 0 Å². The third-order valence-corrected chi connectivity index (χ3v) is 4.47. The highest BCUT2D eigenvalue weighted by molar-refractivity contribution is 6.27. The summed E-state index contributed by atoms with van der Waals surface area (Å²) in [5.41, 5.74) is 2.48. The third-order valence-electron chi connectivity index (χ3n) is 4.47. The van der Waals surface area contributed by atoms with Gasteiger partial charge in [-0.25, -0.2) is 0 Å². The molecule has 1 atom stereocenters. The Kier molecular flexibility index (Phi) is 2.60. The molecule has 2 aromatic rings. The molecule has 0 bridgehead atoms. The Labute approximate surface area is 126 Å². The van der Waals surface area contributed by atoms with E-state index in [1.165, 1.54) is 0 Å². The summed E-state index contributed by atoms with van der Waals surface area (Å²) in [6, 6.07) is 8.86. The number of carbonyl (C=O) groups excluding carboxylic acids is 3. The van der Waals surface area contributed by atoms with Crippen molar-refractivity contribution in [1.29, 1.82) is 0 Å². The van der Waals surface area contributed by atoms with Crippen LogP contribution in [0, 0.1) is 6.92 Å². The molecular weight excluding hydrogens is 280 g/mol. The zero-order chi connectivity index (χ0) is 15.4. The molecule has 4 rings (SSSR count). The Morgan fingerprint density at radius 1 is 1.14 bits per heavy atom. The zero-order valence-corrected chi connectivity index (χ0v) is 12.1. The van der Waals surface area contributed by atoms with E-state index in [0.29, 0.717) is 12.0 Å². The van der Waals surface area contributed by atoms with Gasteiger partial charge in [-0.2, -0.15) is 0 Å². The number of amides is 3. The van der Waals surface area contributed by atoms with Gasteiger partial charge in [0, 0.05) is 17.4 Å². The minimum absolute atomic E-state index is 0.166. The number of imide groups is 1. The number of anilines is 1. The average Bonchev–Trinajstić information content (AvgIpc) is 2.78. The van der Waals surface area contributed by atoms with Crippen LogP contribution in [0.5, 0.6) is 0 Å². The van der Waals surface area contributed by atoms with E-state index in [9.17, 15) is 14.4 Å². The van der Waals surface area contributed by atoms with Gasteiger partial charge in [-0.15, -0.1) is 0 Å². The predicted octanol–water partition coefficient (Wildman–Crippen LogP) is 1.91. The van der Waals surface area contributed by atoms with E-state index in [0.717, 1.165) is 22.0 Å². The van der Waals surface area contributed by atoms with E-state index in [2.05, 4.69) is 5.32 Å². The monoisotopic (exact) mass is 294 g/mol. The van der Waals surface area contributed by atoms with Gasteiger partial charge >= 0.3 is 0 Å². The number of nitrogens with zero attached hydrogens (tertiary/aromatic N) is 1. The van der Waals surface area contributed by atoms with E-state index < -0.39 is 11.9 Å². The van der Waals surface area contributed by atoms with Crippen molar-refractivity contribution in [3.05, 3.63) is 41.5 Å². The molecule has 1 saturated heterocycles. The number of carbonyl (C=O) groups is 3. The first-order valence-electron chi connectivity index (χ1n) is 7.27. The molecule has 0 aromatic heterocycles. The van der Waals surface area contributed by atoms with Gasteiger partial charge in [0.1, 0.15) is 6.04 Å². The molecule has 2 aliphatic rings. The molecule has 1 fully saturated rings. The molecule has 0 saturated carbocycles. The van der Waals surface area contributed by atoms with Crippen LogP contribution in [-0.4, -0.2) is 23.8 Å². The molecule has 2 heterocycles. The Morgan fingerprint density at radius 3 is 2.73 bits per heavy atom. The van der Waals surface area contributed by atoms with Crippen LogP contribution in [0.1, 0.15) is 28.8 Å². The zero-order valence-electron chi connectivity index (χ0n) is 12.1. The van der Waals surface area contributed by atoms with Gasteiger partial charge in [0.2, 0.25) is 11.8 Å². The first-order chi connectivity index (χ1) is 10.6. The van der Waals surface area contributed by atoms with Crippen LogP contribution < -0.4 is 10.2 Å². The van der Waals surface area contributed by atoms with Gasteiger partial charge in [0.05, 0.1) is 5.69 Å². The van der Waals surface area contributed by atoms with Crippen molar-refractivity contribution in [3.8, 4) is 0 Å². The molecule has 3 amide bonds. The number of hydrogen-bond donors (Lipinski definition) is 1. The van der Waals surface area contributed by atoms with E-state index >= 15 is 0 Å². The molecule has 110 valence electrons. The number of benzene rings is 2. The van der Waals surface area contributed by atoms with Crippen molar-refractivity contribution < 1.29 is 14.4 Å². The Bertz CT molecular complexity index is 856. The summed E-state index contributed by atoms with van der Waals surface area (Å²) in [7, 11) is 0. The number of piperidine rings is 1. The summed E-state index contributed by atoms with van der Waals surface area (Å²) in [6.45, 7) is 2.00. The number of nitrogens with one attached hydrogen (secondary N) is 1. The summed E-state index contributed by atoms with van der Waals surface area (Å²) in [6.07, 6.45) is 0.616. The molecule has 0 spiro atoms. The summed E-state index contributed by atoms with van der Waals surface area (Å²) in [5, 5.41) is 4.25. The predicted molar refractivity (Wildman–Crippen MR) is 81.7 cm³/mol. The van der Waals surface area contributed by atoms with Crippen molar-refractivity contribution in [1.82, 2.24) is 5.32 Å². The minimum atomic E-state index is -0.622. The smallest absolute Gasteiger partial charge is 0.259 e. The normalized spacial score (nSPS) is 20.7. The molecule has 0 radical (unpaired) electrons. The fraction of sp³-hybridized carbons (Fsp3) is 0.235. The molecule has 1 N–H and O–H groups in total. The second-order valence-electron chi connectivity index (χ2n) is 5.77. The third kappa shape index (κ3) is 1.62. The van der Waals surface area contributed by atoms with Crippen molar-refractivity contribution >= 4 is 34.2 Å². The molecule has 0 aliphatic carbocycles. The summed E-state index contributed by atoms with van der Waals surface area (Å²) >= 11 is 0. The molecule has 22 heavy (non-hydrogen) atoms. The average molecular weight is 294 g/mol. The fourth-order valence-electron chi connectivity index (χ4n) is 3.39. The quantitative estimate of drug-likeness (QED) is 0.817. The first-order valence-corrected chi connectivity index (χ1v) is 7.27. The lowest BCUT2D eigenvalue weighted by Gasteiger charge is -2.30. The van der Waals surface area contributed by atoms with Crippen molar-refractivity contribution in [2.24, 2.45) is 0 Å². The molecule has 2 aliphatic heterocycles. The number of hydrogen-bond acceptors (Lipinski definition) is 3. The highest BCUT2D eigenvalue weighted by Crippen LogP contribution is 2.40. The molecule has 5 heteroatoms.